The van der Waals surface area contributed by atoms with Gasteiger partial charge in [-0.1, -0.05) is 67.9 Å². The first-order valence-electron chi connectivity index (χ1n) is 12.9. The van der Waals surface area contributed by atoms with Crippen LogP contribution in [0.5, 0.6) is 11.5 Å². The van der Waals surface area contributed by atoms with Crippen molar-refractivity contribution in [1.82, 2.24) is 9.88 Å². The maximum absolute atomic E-state index is 10.8. The molecule has 0 bridgehead atoms. The lowest BCUT2D eigenvalue weighted by Gasteiger charge is -2.18. The SMILES string of the molecule is CCCCc1ccc(OC)c(Cn2cc(C[C@H](O)CNCc3ccccc3)c3ccccc32)c1OC. The fourth-order valence-corrected chi connectivity index (χ4v) is 4.91. The molecule has 3 aromatic carbocycles. The average Bonchev–Trinajstić information content (AvgIpc) is 3.25. The number of aliphatic hydroxyl groups excluding tert-OH is 1. The van der Waals surface area contributed by atoms with Crippen LogP contribution < -0.4 is 14.8 Å². The Morgan fingerprint density at radius 1 is 0.917 bits per heavy atom. The topological polar surface area (TPSA) is 55.7 Å². The monoisotopic (exact) mass is 486 g/mol. The van der Waals surface area contributed by atoms with Gasteiger partial charge in [-0.3, -0.25) is 0 Å². The van der Waals surface area contributed by atoms with Crippen LogP contribution in [0.3, 0.4) is 0 Å². The summed E-state index contributed by atoms with van der Waals surface area (Å²) in [5, 5.41) is 15.4. The van der Waals surface area contributed by atoms with Gasteiger partial charge in [-0.15, -0.1) is 0 Å². The summed E-state index contributed by atoms with van der Waals surface area (Å²) in [6, 6.07) is 22.8. The van der Waals surface area contributed by atoms with E-state index in [1.54, 1.807) is 14.2 Å². The lowest BCUT2D eigenvalue weighted by atomic mass is 10.0. The molecule has 0 saturated carbocycles. The molecule has 4 aromatic rings. The second-order valence-electron chi connectivity index (χ2n) is 9.32. The van der Waals surface area contributed by atoms with Gasteiger partial charge in [-0.2, -0.15) is 0 Å². The summed E-state index contributed by atoms with van der Waals surface area (Å²) in [7, 11) is 3.45. The number of hydrogen-bond acceptors (Lipinski definition) is 4. The Balaban J connectivity index is 1.56. The lowest BCUT2D eigenvalue weighted by Crippen LogP contribution is -2.28. The molecule has 0 aliphatic rings. The Bertz CT molecular complexity index is 1250. The normalized spacial score (nSPS) is 12.1. The van der Waals surface area contributed by atoms with Crippen molar-refractivity contribution in [3.8, 4) is 11.5 Å². The molecule has 0 fully saturated rings. The molecule has 0 aliphatic carbocycles. The van der Waals surface area contributed by atoms with Crippen LogP contribution in [0.2, 0.25) is 0 Å². The van der Waals surface area contributed by atoms with Crippen LogP contribution in [0, 0.1) is 0 Å². The van der Waals surface area contributed by atoms with E-state index in [0.29, 0.717) is 19.5 Å². The number of aryl methyl sites for hydroxylation is 1. The smallest absolute Gasteiger partial charge is 0.130 e. The molecule has 0 aliphatic heterocycles. The standard InChI is InChI=1S/C31H38N2O3/c1-4-5-13-24-16-17-30(35-2)28(31(24)36-3)22-33-21-25(27-14-9-10-15-29(27)33)18-26(34)20-32-19-23-11-7-6-8-12-23/h6-12,14-17,21,26,32,34H,4-5,13,18-20,22H2,1-3H3/t26-/m0/s1. The van der Waals surface area contributed by atoms with Gasteiger partial charge in [0.2, 0.25) is 0 Å². The van der Waals surface area contributed by atoms with E-state index in [0.717, 1.165) is 53.9 Å². The van der Waals surface area contributed by atoms with E-state index in [2.05, 4.69) is 71.5 Å². The van der Waals surface area contributed by atoms with E-state index in [4.69, 9.17) is 9.47 Å². The lowest BCUT2D eigenvalue weighted by molar-refractivity contribution is 0.172. The van der Waals surface area contributed by atoms with Gasteiger partial charge in [-0.25, -0.2) is 0 Å². The molecule has 0 unspecified atom stereocenters. The summed E-state index contributed by atoms with van der Waals surface area (Å²) in [6.07, 6.45) is 5.52. The van der Waals surface area contributed by atoms with Crippen LogP contribution in [0.4, 0.5) is 0 Å². The highest BCUT2D eigenvalue weighted by molar-refractivity contribution is 5.84. The number of nitrogens with one attached hydrogen (secondary N) is 1. The first-order chi connectivity index (χ1) is 17.6. The molecule has 0 amide bonds. The number of fused-ring (bicyclic) bond motifs is 1. The number of para-hydroxylation sites is 1. The van der Waals surface area contributed by atoms with Crippen LogP contribution in [0.15, 0.2) is 72.9 Å². The molecule has 2 N–H and O–H groups in total. The predicted molar refractivity (Wildman–Crippen MR) is 147 cm³/mol. The molecule has 0 saturated heterocycles. The highest BCUT2D eigenvalue weighted by atomic mass is 16.5. The third-order valence-electron chi connectivity index (χ3n) is 6.73. The van der Waals surface area contributed by atoms with Crippen molar-refractivity contribution in [3.05, 3.63) is 95.2 Å². The second kappa shape index (κ2) is 12.6. The van der Waals surface area contributed by atoms with Gasteiger partial charge < -0.3 is 24.5 Å². The third kappa shape index (κ3) is 6.10. The molecule has 0 radical (unpaired) electrons. The predicted octanol–water partition coefficient (Wildman–Crippen LogP) is 5.74. The van der Waals surface area contributed by atoms with Gasteiger partial charge in [0.05, 0.1) is 32.4 Å². The molecular weight excluding hydrogens is 448 g/mol. The first kappa shape index (κ1) is 25.8. The fourth-order valence-electron chi connectivity index (χ4n) is 4.91. The van der Waals surface area contributed by atoms with Gasteiger partial charge >= 0.3 is 0 Å². The Kier molecular flexibility index (Phi) is 9.04. The number of benzene rings is 3. The molecule has 0 spiro atoms. The number of hydrogen-bond donors (Lipinski definition) is 2. The zero-order valence-corrected chi connectivity index (χ0v) is 21.7. The third-order valence-corrected chi connectivity index (χ3v) is 6.73. The van der Waals surface area contributed by atoms with Crippen molar-refractivity contribution in [3.63, 3.8) is 0 Å². The average molecular weight is 487 g/mol. The Morgan fingerprint density at radius 3 is 2.44 bits per heavy atom. The van der Waals surface area contributed by atoms with Crippen LogP contribution in [0.1, 0.15) is 42.0 Å². The van der Waals surface area contributed by atoms with Crippen molar-refractivity contribution in [2.24, 2.45) is 0 Å². The summed E-state index contributed by atoms with van der Waals surface area (Å²) in [4.78, 5) is 0. The zero-order valence-electron chi connectivity index (χ0n) is 21.7. The summed E-state index contributed by atoms with van der Waals surface area (Å²) >= 11 is 0. The van der Waals surface area contributed by atoms with Crippen LogP contribution in [-0.4, -0.2) is 36.5 Å². The number of aromatic nitrogens is 1. The number of nitrogens with zero attached hydrogens (tertiary/aromatic N) is 1. The Labute approximate surface area is 214 Å². The maximum Gasteiger partial charge on any atom is 0.130 e. The number of ether oxygens (including phenoxy) is 2. The van der Waals surface area contributed by atoms with Crippen molar-refractivity contribution in [1.29, 1.82) is 0 Å². The summed E-state index contributed by atoms with van der Waals surface area (Å²) < 4.78 is 13.9. The maximum atomic E-state index is 10.8. The van der Waals surface area contributed by atoms with Crippen LogP contribution in [0.25, 0.3) is 10.9 Å². The highest BCUT2D eigenvalue weighted by Gasteiger charge is 2.18. The van der Waals surface area contributed by atoms with Crippen LogP contribution >= 0.6 is 0 Å². The molecule has 190 valence electrons. The number of aliphatic hydroxyl groups is 1. The van der Waals surface area contributed by atoms with Gasteiger partial charge in [-0.05, 0) is 41.7 Å². The molecule has 36 heavy (non-hydrogen) atoms. The van der Waals surface area contributed by atoms with Gasteiger partial charge in [0.15, 0.2) is 0 Å². The van der Waals surface area contributed by atoms with E-state index < -0.39 is 6.10 Å². The molecule has 5 nitrogen and oxygen atoms in total. The minimum atomic E-state index is -0.477. The first-order valence-corrected chi connectivity index (χ1v) is 12.9. The number of methoxy groups -OCH3 is 2. The summed E-state index contributed by atoms with van der Waals surface area (Å²) in [5.41, 5.74) is 5.75. The van der Waals surface area contributed by atoms with Gasteiger partial charge in [0, 0.05) is 36.6 Å². The molecule has 1 atom stereocenters. The summed E-state index contributed by atoms with van der Waals surface area (Å²) in [6.45, 7) is 4.12. The fraction of sp³-hybridized carbons (Fsp3) is 0.355. The van der Waals surface area contributed by atoms with Gasteiger partial charge in [0.25, 0.3) is 0 Å². The Hall–Kier alpha value is -3.28. The van der Waals surface area contributed by atoms with E-state index in [1.807, 2.05) is 18.2 Å². The number of rotatable bonds is 13. The molecule has 1 heterocycles. The molecule has 4 rings (SSSR count). The van der Waals surface area contributed by atoms with Gasteiger partial charge in [0.1, 0.15) is 11.5 Å². The van der Waals surface area contributed by atoms with E-state index in [-0.39, 0.29) is 0 Å². The quantitative estimate of drug-likeness (QED) is 0.253. The van der Waals surface area contributed by atoms with E-state index >= 15 is 0 Å². The highest BCUT2D eigenvalue weighted by Crippen LogP contribution is 2.35. The largest absolute Gasteiger partial charge is 0.496 e. The minimum absolute atomic E-state index is 0.477. The van der Waals surface area contributed by atoms with Crippen molar-refractivity contribution < 1.29 is 14.6 Å². The molecular formula is C31H38N2O3. The molecule has 1 aromatic heterocycles. The Morgan fingerprint density at radius 2 is 1.69 bits per heavy atom. The minimum Gasteiger partial charge on any atom is -0.496 e. The van der Waals surface area contributed by atoms with Crippen molar-refractivity contribution in [2.45, 2.75) is 51.8 Å². The van der Waals surface area contributed by atoms with E-state index in [1.165, 1.54) is 16.5 Å². The molecule has 5 heteroatoms. The van der Waals surface area contributed by atoms with E-state index in [9.17, 15) is 5.11 Å². The van der Waals surface area contributed by atoms with Crippen LogP contribution in [-0.2, 0) is 25.9 Å². The second-order valence-corrected chi connectivity index (χ2v) is 9.32. The summed E-state index contributed by atoms with van der Waals surface area (Å²) in [5.74, 6) is 1.74. The van der Waals surface area contributed by atoms with Crippen molar-refractivity contribution in [2.75, 3.05) is 20.8 Å². The van der Waals surface area contributed by atoms with Crippen molar-refractivity contribution >= 4 is 10.9 Å². The zero-order chi connectivity index (χ0) is 25.3. The number of unbranched alkanes of at least 4 members (excludes halogenated alkanes) is 1.